The number of likely N-dealkylation sites (tertiary alicyclic amines) is 1. The second-order valence-electron chi connectivity index (χ2n) is 7.19. The molecule has 1 fully saturated rings. The Balaban J connectivity index is 1.55. The molecule has 1 aliphatic rings. The highest BCUT2D eigenvalue weighted by molar-refractivity contribution is 7.13. The van der Waals surface area contributed by atoms with Gasteiger partial charge in [-0.2, -0.15) is 4.39 Å². The van der Waals surface area contributed by atoms with Crippen molar-refractivity contribution in [2.75, 3.05) is 13.6 Å². The number of H-pyrrole nitrogens is 1. The molecule has 6 nitrogen and oxygen atoms in total. The van der Waals surface area contributed by atoms with Crippen LogP contribution < -0.4 is 0 Å². The van der Waals surface area contributed by atoms with E-state index >= 15 is 0 Å². The minimum absolute atomic E-state index is 0.303. The lowest BCUT2D eigenvalue weighted by Crippen LogP contribution is -2.36. The molecule has 1 saturated heterocycles. The smallest absolute Gasteiger partial charge is 0.258 e. The zero-order valence-corrected chi connectivity index (χ0v) is 16.3. The zero-order chi connectivity index (χ0) is 20.2. The molecule has 29 heavy (non-hydrogen) atoms. The number of pyridine rings is 1. The lowest BCUT2D eigenvalue weighted by Gasteiger charge is -2.21. The van der Waals surface area contributed by atoms with E-state index in [-0.39, 0.29) is 5.91 Å². The Labute approximate surface area is 169 Å². The summed E-state index contributed by atoms with van der Waals surface area (Å²) in [7, 11) is 1.68. The van der Waals surface area contributed by atoms with Crippen molar-refractivity contribution in [1.82, 2.24) is 19.9 Å². The number of aliphatic hydroxyl groups is 1. The number of amides is 1. The first kappa shape index (κ1) is 18.0. The highest BCUT2D eigenvalue weighted by Crippen LogP contribution is 2.37. The fourth-order valence-corrected chi connectivity index (χ4v) is 4.61. The van der Waals surface area contributed by atoms with E-state index in [0.717, 1.165) is 5.56 Å². The average Bonchev–Trinajstić information content (AvgIpc) is 3.41. The number of carbonyl (C=O) groups excluding carboxylic acids is 1. The summed E-state index contributed by atoms with van der Waals surface area (Å²) in [6, 6.07) is 8.92. The SMILES string of the molecule is CN1CC[C@@](O)(c2cccc(-c3nc(-c4c(F)[nH]c5ccncc45)cs3)c2)C1=O. The van der Waals surface area contributed by atoms with Crippen molar-refractivity contribution in [1.29, 1.82) is 0 Å². The Morgan fingerprint density at radius 2 is 2.21 bits per heavy atom. The summed E-state index contributed by atoms with van der Waals surface area (Å²) in [6.45, 7) is 0.509. The number of thiazole rings is 1. The summed E-state index contributed by atoms with van der Waals surface area (Å²) < 4.78 is 14.5. The van der Waals surface area contributed by atoms with Crippen molar-refractivity contribution >= 4 is 28.1 Å². The van der Waals surface area contributed by atoms with Crippen molar-refractivity contribution in [2.24, 2.45) is 0 Å². The highest BCUT2D eigenvalue weighted by atomic mass is 32.1. The number of carbonyl (C=O) groups is 1. The number of hydrogen-bond donors (Lipinski definition) is 2. The molecule has 1 aromatic carbocycles. The molecule has 1 amide bonds. The maximum atomic E-state index is 14.5. The molecule has 3 aromatic heterocycles. The first-order valence-corrected chi connectivity index (χ1v) is 10.0. The van der Waals surface area contributed by atoms with Crippen LogP contribution in [0.15, 0.2) is 48.1 Å². The molecule has 1 aliphatic heterocycles. The summed E-state index contributed by atoms with van der Waals surface area (Å²) in [4.78, 5) is 25.3. The molecule has 0 saturated carbocycles. The minimum Gasteiger partial charge on any atom is -0.375 e. The predicted molar refractivity (Wildman–Crippen MR) is 109 cm³/mol. The number of aromatic nitrogens is 3. The Hall–Kier alpha value is -3.10. The molecule has 2 N–H and O–H groups in total. The standard InChI is InChI=1S/C21H17FN4O2S/c1-26-8-6-21(28,20(26)27)13-4-2-3-12(9-13)19-25-16(11-29-19)17-14-10-23-7-5-15(14)24-18(17)22/h2-5,7,9-11,24,28H,6,8H2,1H3/t21-/m1/s1. The van der Waals surface area contributed by atoms with Crippen LogP contribution >= 0.6 is 11.3 Å². The Bertz CT molecular complexity index is 1250. The van der Waals surface area contributed by atoms with Gasteiger partial charge in [-0.25, -0.2) is 4.98 Å². The molecule has 8 heteroatoms. The van der Waals surface area contributed by atoms with Crippen LogP contribution in [0, 0.1) is 5.95 Å². The average molecular weight is 408 g/mol. The number of halogens is 1. The van der Waals surface area contributed by atoms with Crippen LogP contribution in [0.25, 0.3) is 32.7 Å². The maximum absolute atomic E-state index is 14.5. The van der Waals surface area contributed by atoms with Gasteiger partial charge in [0.1, 0.15) is 5.01 Å². The van der Waals surface area contributed by atoms with Gasteiger partial charge >= 0.3 is 0 Å². The van der Waals surface area contributed by atoms with Gasteiger partial charge in [-0.15, -0.1) is 11.3 Å². The molecule has 0 spiro atoms. The number of rotatable bonds is 3. The summed E-state index contributed by atoms with van der Waals surface area (Å²) in [6.07, 6.45) is 3.57. The molecular weight excluding hydrogens is 391 g/mol. The third kappa shape index (κ3) is 2.75. The first-order chi connectivity index (χ1) is 14.0. The predicted octanol–water partition coefficient (Wildman–Crippen LogP) is 3.54. The summed E-state index contributed by atoms with van der Waals surface area (Å²) in [5.41, 5.74) is 1.37. The van der Waals surface area contributed by atoms with Crippen LogP contribution in [-0.2, 0) is 10.4 Å². The minimum atomic E-state index is -1.51. The molecule has 0 unspecified atom stereocenters. The third-order valence-electron chi connectivity index (χ3n) is 5.41. The van der Waals surface area contributed by atoms with E-state index in [9.17, 15) is 14.3 Å². The van der Waals surface area contributed by atoms with Crippen molar-refractivity contribution in [3.05, 3.63) is 59.6 Å². The first-order valence-electron chi connectivity index (χ1n) is 9.13. The van der Waals surface area contributed by atoms with Crippen LogP contribution in [-0.4, -0.2) is 44.5 Å². The Morgan fingerprint density at radius 3 is 3.00 bits per heavy atom. The molecule has 4 aromatic rings. The topological polar surface area (TPSA) is 82.1 Å². The largest absolute Gasteiger partial charge is 0.375 e. The molecule has 0 bridgehead atoms. The van der Waals surface area contributed by atoms with E-state index in [0.29, 0.717) is 45.7 Å². The molecular formula is C21H17FN4O2S. The van der Waals surface area contributed by atoms with E-state index in [4.69, 9.17) is 0 Å². The second-order valence-corrected chi connectivity index (χ2v) is 8.05. The molecule has 0 aliphatic carbocycles. The molecule has 5 rings (SSSR count). The number of benzene rings is 1. The fraction of sp³-hybridized carbons (Fsp3) is 0.190. The number of nitrogens with zero attached hydrogens (tertiary/aromatic N) is 3. The second kappa shape index (κ2) is 6.47. The molecule has 4 heterocycles. The zero-order valence-electron chi connectivity index (χ0n) is 15.5. The van der Waals surface area contributed by atoms with Crippen molar-refractivity contribution in [3.63, 3.8) is 0 Å². The Kier molecular flexibility index (Phi) is 4.01. The van der Waals surface area contributed by atoms with E-state index in [1.807, 2.05) is 6.07 Å². The fourth-order valence-electron chi connectivity index (χ4n) is 3.80. The van der Waals surface area contributed by atoms with Gasteiger partial charge in [-0.1, -0.05) is 18.2 Å². The maximum Gasteiger partial charge on any atom is 0.258 e. The lowest BCUT2D eigenvalue weighted by molar-refractivity contribution is -0.143. The van der Waals surface area contributed by atoms with Gasteiger partial charge in [-0.3, -0.25) is 9.78 Å². The Morgan fingerprint density at radius 1 is 1.34 bits per heavy atom. The highest BCUT2D eigenvalue weighted by Gasteiger charge is 2.45. The third-order valence-corrected chi connectivity index (χ3v) is 6.30. The summed E-state index contributed by atoms with van der Waals surface area (Å²) in [5.74, 6) is -0.754. The normalized spacial score (nSPS) is 19.4. The lowest BCUT2D eigenvalue weighted by atomic mass is 9.91. The number of hydrogen-bond acceptors (Lipinski definition) is 5. The number of fused-ring (bicyclic) bond motifs is 1. The van der Waals surface area contributed by atoms with Crippen molar-refractivity contribution < 1.29 is 14.3 Å². The van der Waals surface area contributed by atoms with Gasteiger partial charge in [0.25, 0.3) is 5.91 Å². The van der Waals surface area contributed by atoms with Gasteiger partial charge in [0.15, 0.2) is 5.60 Å². The van der Waals surface area contributed by atoms with Crippen LogP contribution in [0.3, 0.4) is 0 Å². The van der Waals surface area contributed by atoms with Crippen LogP contribution in [0.2, 0.25) is 0 Å². The van der Waals surface area contributed by atoms with Crippen molar-refractivity contribution in [3.8, 4) is 21.8 Å². The number of likely N-dealkylation sites (N-methyl/N-ethyl adjacent to an activating group) is 1. The van der Waals surface area contributed by atoms with Gasteiger partial charge in [0.05, 0.1) is 16.8 Å². The monoisotopic (exact) mass is 408 g/mol. The summed E-state index contributed by atoms with van der Waals surface area (Å²) >= 11 is 1.38. The van der Waals surface area contributed by atoms with Crippen molar-refractivity contribution in [2.45, 2.75) is 12.0 Å². The van der Waals surface area contributed by atoms with E-state index in [2.05, 4.69) is 15.0 Å². The van der Waals surface area contributed by atoms with Gasteiger partial charge in [-0.05, 0) is 17.7 Å². The summed E-state index contributed by atoms with van der Waals surface area (Å²) in [5, 5.41) is 14.1. The van der Waals surface area contributed by atoms with Crippen LogP contribution in [0.4, 0.5) is 4.39 Å². The van der Waals surface area contributed by atoms with Crippen LogP contribution in [0.1, 0.15) is 12.0 Å². The quantitative estimate of drug-likeness (QED) is 0.543. The van der Waals surface area contributed by atoms with Gasteiger partial charge < -0.3 is 15.0 Å². The van der Waals surface area contributed by atoms with E-state index in [1.54, 1.807) is 49.1 Å². The number of aromatic amines is 1. The molecule has 1 atom stereocenters. The number of nitrogens with one attached hydrogen (secondary N) is 1. The molecule has 146 valence electrons. The van der Waals surface area contributed by atoms with Gasteiger partial charge in [0, 0.05) is 48.7 Å². The van der Waals surface area contributed by atoms with E-state index < -0.39 is 11.5 Å². The molecule has 0 radical (unpaired) electrons. The van der Waals surface area contributed by atoms with Gasteiger partial charge in [0.2, 0.25) is 5.95 Å². The van der Waals surface area contributed by atoms with E-state index in [1.165, 1.54) is 16.2 Å². The van der Waals surface area contributed by atoms with Crippen LogP contribution in [0.5, 0.6) is 0 Å².